The number of carbonyl (C=O) groups is 4. The lowest BCUT2D eigenvalue weighted by Gasteiger charge is -2.34. The number of aromatic nitrogens is 3. The van der Waals surface area contributed by atoms with Crippen LogP contribution >= 0.6 is 0 Å². The number of anilines is 1. The highest BCUT2D eigenvalue weighted by Crippen LogP contribution is 2.37. The summed E-state index contributed by atoms with van der Waals surface area (Å²) in [5.41, 5.74) is 3.99. The van der Waals surface area contributed by atoms with E-state index in [4.69, 9.17) is 4.98 Å². The Balaban J connectivity index is 1.60. The fraction of sp³-hybridized carbons (Fsp3) is 0.448. The maximum atomic E-state index is 13.4. The molecule has 204 valence electrons. The van der Waals surface area contributed by atoms with Gasteiger partial charge in [-0.1, -0.05) is 26.8 Å². The highest BCUT2D eigenvalue weighted by Gasteiger charge is 2.44. The van der Waals surface area contributed by atoms with Crippen LogP contribution in [0.15, 0.2) is 24.4 Å². The van der Waals surface area contributed by atoms with Gasteiger partial charge in [-0.25, -0.2) is 4.98 Å². The first kappa shape index (κ1) is 26.5. The van der Waals surface area contributed by atoms with Crippen molar-refractivity contribution in [3.05, 3.63) is 46.9 Å². The van der Waals surface area contributed by atoms with Gasteiger partial charge in [0.1, 0.15) is 17.6 Å². The quantitative estimate of drug-likeness (QED) is 0.477. The lowest BCUT2D eigenvalue weighted by Crippen LogP contribution is -2.54. The Hall–Kier alpha value is -4.08. The molecule has 10 heteroatoms. The van der Waals surface area contributed by atoms with E-state index in [0.29, 0.717) is 16.9 Å². The van der Waals surface area contributed by atoms with Crippen LogP contribution in [-0.2, 0) is 9.59 Å². The van der Waals surface area contributed by atoms with Crippen molar-refractivity contribution in [2.75, 3.05) is 5.32 Å². The number of benzene rings is 1. The van der Waals surface area contributed by atoms with E-state index in [-0.39, 0.29) is 34.9 Å². The second-order valence-electron chi connectivity index (χ2n) is 12.4. The van der Waals surface area contributed by atoms with Crippen molar-refractivity contribution in [3.63, 3.8) is 0 Å². The van der Waals surface area contributed by atoms with Crippen LogP contribution in [0.3, 0.4) is 0 Å². The Kier molecular flexibility index (Phi) is 6.12. The Morgan fingerprint density at radius 1 is 1.03 bits per heavy atom. The molecule has 0 aliphatic carbocycles. The van der Waals surface area contributed by atoms with Crippen molar-refractivity contribution in [1.29, 1.82) is 0 Å². The highest BCUT2D eigenvalue weighted by molar-refractivity contribution is 6.23. The summed E-state index contributed by atoms with van der Waals surface area (Å²) in [6, 6.07) is 4.04. The van der Waals surface area contributed by atoms with E-state index in [9.17, 15) is 19.2 Å². The van der Waals surface area contributed by atoms with Gasteiger partial charge in [-0.2, -0.15) is 0 Å². The number of hydrogen-bond acceptors (Lipinski definition) is 7. The number of imidazole rings is 1. The minimum absolute atomic E-state index is 0.0719. The van der Waals surface area contributed by atoms with E-state index in [1.165, 1.54) is 0 Å². The summed E-state index contributed by atoms with van der Waals surface area (Å²) in [5, 5.41) is 5.95. The number of fused-ring (bicyclic) bond motifs is 2. The molecule has 1 aromatic carbocycles. The third kappa shape index (κ3) is 4.68. The predicted octanol–water partition coefficient (Wildman–Crippen LogP) is 4.04. The molecular formula is C29H34N6O4. The molecule has 5 rings (SSSR count). The van der Waals surface area contributed by atoms with Gasteiger partial charge in [0.15, 0.2) is 5.65 Å². The summed E-state index contributed by atoms with van der Waals surface area (Å²) in [4.78, 5) is 61.0. The zero-order chi connectivity index (χ0) is 28.4. The second kappa shape index (κ2) is 9.00. The van der Waals surface area contributed by atoms with Crippen molar-refractivity contribution in [3.8, 4) is 11.3 Å². The standard InChI is InChI=1S/C29H34N6O4/c1-15-16(2)34-21(13-30-15)31-23(24(34)33-29(6,7)14-28(3,4)5)17-8-9-18-19(12-17)27(39)35(26(18)38)20-10-11-22(36)32-25(20)37/h8-9,12-13,20,33H,10-11,14H2,1-7H3,(H,32,36,37). The van der Waals surface area contributed by atoms with Crippen molar-refractivity contribution in [2.45, 2.75) is 79.3 Å². The lowest BCUT2D eigenvalue weighted by atomic mass is 9.82. The third-order valence-corrected chi connectivity index (χ3v) is 7.28. The molecule has 39 heavy (non-hydrogen) atoms. The Bertz CT molecular complexity index is 1560. The molecule has 1 atom stereocenters. The van der Waals surface area contributed by atoms with Gasteiger partial charge in [0.2, 0.25) is 11.8 Å². The van der Waals surface area contributed by atoms with Gasteiger partial charge in [-0.15, -0.1) is 0 Å². The van der Waals surface area contributed by atoms with Gasteiger partial charge in [-0.05, 0) is 58.1 Å². The van der Waals surface area contributed by atoms with Gasteiger partial charge in [0.05, 0.1) is 23.0 Å². The summed E-state index contributed by atoms with van der Waals surface area (Å²) < 4.78 is 2.04. The first-order valence-electron chi connectivity index (χ1n) is 13.2. The summed E-state index contributed by atoms with van der Waals surface area (Å²) in [6.07, 6.45) is 2.79. The topological polar surface area (TPSA) is 126 Å². The van der Waals surface area contributed by atoms with E-state index < -0.39 is 29.7 Å². The van der Waals surface area contributed by atoms with E-state index in [0.717, 1.165) is 28.5 Å². The number of piperidine rings is 1. The molecule has 1 unspecified atom stereocenters. The van der Waals surface area contributed by atoms with Gasteiger partial charge in [0.25, 0.3) is 11.8 Å². The number of nitrogens with one attached hydrogen (secondary N) is 2. The molecule has 2 aromatic heterocycles. The molecule has 1 fully saturated rings. The molecule has 4 amide bonds. The predicted molar refractivity (Wildman–Crippen MR) is 146 cm³/mol. The normalized spacial score (nSPS) is 18.1. The molecule has 2 aliphatic rings. The summed E-state index contributed by atoms with van der Waals surface area (Å²) >= 11 is 0. The Morgan fingerprint density at radius 2 is 1.72 bits per heavy atom. The third-order valence-electron chi connectivity index (χ3n) is 7.28. The van der Waals surface area contributed by atoms with Crippen molar-refractivity contribution in [2.24, 2.45) is 5.41 Å². The average molecular weight is 531 g/mol. The maximum absolute atomic E-state index is 13.4. The fourth-order valence-electron chi connectivity index (χ4n) is 5.90. The van der Waals surface area contributed by atoms with E-state index in [1.807, 2.05) is 18.2 Å². The minimum atomic E-state index is -1.01. The van der Waals surface area contributed by atoms with Crippen molar-refractivity contribution < 1.29 is 19.2 Å². The van der Waals surface area contributed by atoms with Crippen LogP contribution in [0.25, 0.3) is 16.9 Å². The number of amides is 4. The van der Waals surface area contributed by atoms with E-state index in [2.05, 4.69) is 50.2 Å². The highest BCUT2D eigenvalue weighted by atomic mass is 16.2. The average Bonchev–Trinajstić information content (AvgIpc) is 3.30. The smallest absolute Gasteiger partial charge is 0.262 e. The van der Waals surface area contributed by atoms with Gasteiger partial charge in [-0.3, -0.25) is 38.8 Å². The molecule has 2 aliphatic heterocycles. The molecular weight excluding hydrogens is 496 g/mol. The number of nitrogens with zero attached hydrogens (tertiary/aromatic N) is 4. The first-order chi connectivity index (χ1) is 18.2. The molecule has 0 spiro atoms. The van der Waals surface area contributed by atoms with Crippen LogP contribution in [-0.4, -0.2) is 54.5 Å². The molecule has 0 bridgehead atoms. The Labute approximate surface area is 227 Å². The van der Waals surface area contributed by atoms with Crippen LogP contribution < -0.4 is 10.6 Å². The molecule has 10 nitrogen and oxygen atoms in total. The summed E-state index contributed by atoms with van der Waals surface area (Å²) in [7, 11) is 0. The lowest BCUT2D eigenvalue weighted by molar-refractivity contribution is -0.136. The van der Waals surface area contributed by atoms with Crippen molar-refractivity contribution >= 4 is 35.1 Å². The first-order valence-corrected chi connectivity index (χ1v) is 13.2. The Morgan fingerprint density at radius 3 is 2.38 bits per heavy atom. The van der Waals surface area contributed by atoms with Crippen LogP contribution in [0.4, 0.5) is 5.82 Å². The monoisotopic (exact) mass is 530 g/mol. The molecule has 2 N–H and O–H groups in total. The zero-order valence-electron chi connectivity index (χ0n) is 23.4. The second-order valence-corrected chi connectivity index (χ2v) is 12.4. The number of carbonyl (C=O) groups excluding carboxylic acids is 4. The van der Waals surface area contributed by atoms with E-state index >= 15 is 0 Å². The van der Waals surface area contributed by atoms with Crippen molar-refractivity contribution in [1.82, 2.24) is 24.6 Å². The SMILES string of the molecule is Cc1ncc2nc(-c3ccc4c(c3)C(=O)N(C3CCC(=O)NC3=O)C4=O)c(NC(C)(C)CC(C)(C)C)n2c1C. The largest absolute Gasteiger partial charge is 0.364 e. The van der Waals surface area contributed by atoms with Gasteiger partial charge in [0, 0.05) is 23.2 Å². The van der Waals surface area contributed by atoms with Crippen LogP contribution in [0.2, 0.25) is 0 Å². The molecule has 0 radical (unpaired) electrons. The van der Waals surface area contributed by atoms with Crippen LogP contribution in [0.1, 0.15) is 86.0 Å². The summed E-state index contributed by atoms with van der Waals surface area (Å²) in [5.74, 6) is -1.34. The van der Waals surface area contributed by atoms with Gasteiger partial charge < -0.3 is 5.32 Å². The number of imide groups is 2. The number of hydrogen-bond donors (Lipinski definition) is 2. The molecule has 3 aromatic rings. The molecule has 4 heterocycles. The fourth-order valence-corrected chi connectivity index (χ4v) is 5.90. The number of aryl methyl sites for hydroxylation is 2. The van der Waals surface area contributed by atoms with E-state index in [1.54, 1.807) is 24.4 Å². The van der Waals surface area contributed by atoms with Crippen LogP contribution in [0, 0.1) is 19.3 Å². The maximum Gasteiger partial charge on any atom is 0.262 e. The van der Waals surface area contributed by atoms with Crippen LogP contribution in [0.5, 0.6) is 0 Å². The minimum Gasteiger partial charge on any atom is -0.364 e. The number of rotatable bonds is 5. The molecule has 1 saturated heterocycles. The summed E-state index contributed by atoms with van der Waals surface area (Å²) in [6.45, 7) is 14.8. The molecule has 0 saturated carbocycles. The zero-order valence-corrected chi connectivity index (χ0v) is 23.4. The van der Waals surface area contributed by atoms with Gasteiger partial charge >= 0.3 is 0 Å².